The molecular weight excluding hydrogens is 236 g/mol. The van der Waals surface area contributed by atoms with Gasteiger partial charge < -0.3 is 10.6 Å². The molecule has 1 aliphatic carbocycles. The second-order valence-electron chi connectivity index (χ2n) is 5.05. The van der Waals surface area contributed by atoms with Crippen LogP contribution in [0, 0.1) is 0 Å². The molecule has 0 spiro atoms. The van der Waals surface area contributed by atoms with Crippen molar-refractivity contribution in [2.24, 2.45) is 10.7 Å². The summed E-state index contributed by atoms with van der Waals surface area (Å²) in [7, 11) is 2.01. The third kappa shape index (κ3) is 2.67. The number of guanidine groups is 1. The third-order valence-corrected chi connectivity index (χ3v) is 3.55. The van der Waals surface area contributed by atoms with Crippen molar-refractivity contribution in [3.63, 3.8) is 0 Å². The lowest BCUT2D eigenvalue weighted by Crippen LogP contribution is -2.35. The number of benzene rings is 1. The van der Waals surface area contributed by atoms with Crippen LogP contribution in [0.5, 0.6) is 0 Å². The molecule has 0 amide bonds. The molecule has 0 saturated heterocycles. The highest BCUT2D eigenvalue weighted by molar-refractivity contribution is 5.80. The standard InChI is InChI=1S/C15H18N4/c1-19(13-5-6-13)15(16)18-10-11-4-7-14-12(9-11)3-2-8-17-14/h2-4,7-9,13H,5-6,10H2,1H3,(H2,16,18). The van der Waals surface area contributed by atoms with Crippen molar-refractivity contribution in [1.29, 1.82) is 0 Å². The highest BCUT2D eigenvalue weighted by atomic mass is 15.3. The van der Waals surface area contributed by atoms with Gasteiger partial charge in [0, 0.05) is 24.7 Å². The minimum atomic E-state index is 0.601. The molecule has 4 nitrogen and oxygen atoms in total. The summed E-state index contributed by atoms with van der Waals surface area (Å²) < 4.78 is 0. The monoisotopic (exact) mass is 254 g/mol. The molecule has 3 rings (SSSR count). The van der Waals surface area contributed by atoms with E-state index in [-0.39, 0.29) is 0 Å². The van der Waals surface area contributed by atoms with Crippen molar-refractivity contribution in [2.45, 2.75) is 25.4 Å². The number of pyridine rings is 1. The molecule has 1 aromatic heterocycles. The second kappa shape index (κ2) is 4.88. The van der Waals surface area contributed by atoms with Crippen molar-refractivity contribution in [1.82, 2.24) is 9.88 Å². The minimum absolute atomic E-state index is 0.601. The first kappa shape index (κ1) is 12.0. The molecule has 98 valence electrons. The fourth-order valence-corrected chi connectivity index (χ4v) is 2.16. The van der Waals surface area contributed by atoms with Crippen LogP contribution >= 0.6 is 0 Å². The Balaban J connectivity index is 1.75. The summed E-state index contributed by atoms with van der Waals surface area (Å²) in [5.41, 5.74) is 8.15. The molecule has 0 unspecified atom stereocenters. The Labute approximate surface area is 113 Å². The molecule has 4 heteroatoms. The normalized spacial score (nSPS) is 15.7. The molecule has 0 aliphatic heterocycles. The van der Waals surface area contributed by atoms with Crippen LogP contribution in [0.1, 0.15) is 18.4 Å². The van der Waals surface area contributed by atoms with E-state index in [9.17, 15) is 0 Å². The molecule has 0 bridgehead atoms. The third-order valence-electron chi connectivity index (χ3n) is 3.55. The van der Waals surface area contributed by atoms with Crippen molar-refractivity contribution >= 4 is 16.9 Å². The number of fused-ring (bicyclic) bond motifs is 1. The predicted molar refractivity (Wildman–Crippen MR) is 77.9 cm³/mol. The summed E-state index contributed by atoms with van der Waals surface area (Å²) >= 11 is 0. The highest BCUT2D eigenvalue weighted by Gasteiger charge is 2.27. The van der Waals surface area contributed by atoms with Gasteiger partial charge in [-0.2, -0.15) is 0 Å². The summed E-state index contributed by atoms with van der Waals surface area (Å²) in [4.78, 5) is 10.8. The summed E-state index contributed by atoms with van der Waals surface area (Å²) in [5, 5.41) is 1.14. The fraction of sp³-hybridized carbons (Fsp3) is 0.333. The maximum atomic E-state index is 5.98. The van der Waals surface area contributed by atoms with Gasteiger partial charge in [0.15, 0.2) is 5.96 Å². The average molecular weight is 254 g/mol. The number of aromatic nitrogens is 1. The van der Waals surface area contributed by atoms with Gasteiger partial charge in [-0.15, -0.1) is 0 Å². The number of aliphatic imine (C=N–C) groups is 1. The van der Waals surface area contributed by atoms with Crippen LogP contribution in [-0.4, -0.2) is 28.9 Å². The van der Waals surface area contributed by atoms with E-state index in [1.165, 1.54) is 12.8 Å². The second-order valence-corrected chi connectivity index (χ2v) is 5.05. The van der Waals surface area contributed by atoms with Crippen LogP contribution in [0.3, 0.4) is 0 Å². The molecule has 2 N–H and O–H groups in total. The van der Waals surface area contributed by atoms with Gasteiger partial charge in [-0.3, -0.25) is 4.98 Å². The smallest absolute Gasteiger partial charge is 0.191 e. The van der Waals surface area contributed by atoms with E-state index >= 15 is 0 Å². The Hall–Kier alpha value is -2.10. The van der Waals surface area contributed by atoms with Crippen molar-refractivity contribution in [3.05, 3.63) is 42.1 Å². The first-order valence-electron chi connectivity index (χ1n) is 6.60. The van der Waals surface area contributed by atoms with Gasteiger partial charge >= 0.3 is 0 Å². The zero-order valence-electron chi connectivity index (χ0n) is 11.1. The molecule has 1 aromatic carbocycles. The zero-order chi connectivity index (χ0) is 13.2. The van der Waals surface area contributed by atoms with Crippen molar-refractivity contribution in [3.8, 4) is 0 Å². The van der Waals surface area contributed by atoms with Crippen molar-refractivity contribution < 1.29 is 0 Å². The van der Waals surface area contributed by atoms with Crippen LogP contribution in [0.2, 0.25) is 0 Å². The molecule has 1 saturated carbocycles. The lowest BCUT2D eigenvalue weighted by Gasteiger charge is -2.16. The summed E-state index contributed by atoms with van der Waals surface area (Å²) in [6.45, 7) is 0.619. The summed E-state index contributed by atoms with van der Waals surface area (Å²) in [5.74, 6) is 0.633. The molecule has 1 aliphatic rings. The Bertz CT molecular complexity index is 616. The number of rotatable bonds is 3. The number of hydrogen-bond donors (Lipinski definition) is 1. The lowest BCUT2D eigenvalue weighted by molar-refractivity contribution is 0.487. The quantitative estimate of drug-likeness (QED) is 0.674. The van der Waals surface area contributed by atoms with Crippen LogP contribution in [0.25, 0.3) is 10.9 Å². The first-order chi connectivity index (χ1) is 9.24. The average Bonchev–Trinajstić information content (AvgIpc) is 3.28. The van der Waals surface area contributed by atoms with Gasteiger partial charge in [0.1, 0.15) is 0 Å². The number of hydrogen-bond acceptors (Lipinski definition) is 2. The first-order valence-corrected chi connectivity index (χ1v) is 6.60. The maximum Gasteiger partial charge on any atom is 0.191 e. The van der Waals surface area contributed by atoms with Gasteiger partial charge in [-0.05, 0) is 36.6 Å². The van der Waals surface area contributed by atoms with Crippen LogP contribution in [0.4, 0.5) is 0 Å². The molecule has 0 radical (unpaired) electrons. The van der Waals surface area contributed by atoms with E-state index in [4.69, 9.17) is 5.73 Å². The summed E-state index contributed by atoms with van der Waals surface area (Å²) in [6.07, 6.45) is 4.27. The van der Waals surface area contributed by atoms with Crippen LogP contribution in [0.15, 0.2) is 41.5 Å². The molecular formula is C15H18N4. The Morgan fingerprint density at radius 3 is 3.05 bits per heavy atom. The van der Waals surface area contributed by atoms with E-state index in [0.717, 1.165) is 16.5 Å². The van der Waals surface area contributed by atoms with Gasteiger partial charge in [0.25, 0.3) is 0 Å². The SMILES string of the molecule is CN(C(N)=NCc1ccc2ncccc2c1)C1CC1. The lowest BCUT2D eigenvalue weighted by atomic mass is 10.1. The number of nitrogens with two attached hydrogens (primary N) is 1. The van der Waals surface area contributed by atoms with Crippen molar-refractivity contribution in [2.75, 3.05) is 7.05 Å². The summed E-state index contributed by atoms with van der Waals surface area (Å²) in [6, 6.07) is 10.8. The Morgan fingerprint density at radius 1 is 1.42 bits per heavy atom. The topological polar surface area (TPSA) is 54.5 Å². The van der Waals surface area contributed by atoms with Gasteiger partial charge in [0.2, 0.25) is 0 Å². The van der Waals surface area contributed by atoms with E-state index in [2.05, 4.69) is 33.1 Å². The maximum absolute atomic E-state index is 5.98. The van der Waals surface area contributed by atoms with E-state index in [0.29, 0.717) is 18.5 Å². The highest BCUT2D eigenvalue weighted by Crippen LogP contribution is 2.25. The fourth-order valence-electron chi connectivity index (χ4n) is 2.16. The Kier molecular flexibility index (Phi) is 3.07. The van der Waals surface area contributed by atoms with Crippen LogP contribution in [-0.2, 0) is 6.54 Å². The molecule has 0 atom stereocenters. The van der Waals surface area contributed by atoms with E-state index < -0.39 is 0 Å². The number of nitrogens with zero attached hydrogens (tertiary/aromatic N) is 3. The minimum Gasteiger partial charge on any atom is -0.370 e. The largest absolute Gasteiger partial charge is 0.370 e. The van der Waals surface area contributed by atoms with E-state index in [1.54, 1.807) is 0 Å². The van der Waals surface area contributed by atoms with Gasteiger partial charge in [-0.1, -0.05) is 12.1 Å². The van der Waals surface area contributed by atoms with Gasteiger partial charge in [-0.25, -0.2) is 4.99 Å². The molecule has 1 heterocycles. The van der Waals surface area contributed by atoms with E-state index in [1.807, 2.05) is 25.4 Å². The predicted octanol–water partition coefficient (Wildman–Crippen LogP) is 2.14. The molecule has 1 fully saturated rings. The molecule has 19 heavy (non-hydrogen) atoms. The molecule has 2 aromatic rings. The Morgan fingerprint density at radius 2 is 2.26 bits per heavy atom. The zero-order valence-corrected chi connectivity index (χ0v) is 11.1. The van der Waals surface area contributed by atoms with Crippen LogP contribution < -0.4 is 5.73 Å². The van der Waals surface area contributed by atoms with Gasteiger partial charge in [0.05, 0.1) is 12.1 Å².